The van der Waals surface area contributed by atoms with Gasteiger partial charge in [-0.1, -0.05) is 135 Å². The average Bonchev–Trinajstić information content (AvgIpc) is 1.90. The Morgan fingerprint density at radius 2 is 0.977 bits per heavy atom. The van der Waals surface area contributed by atoms with Crippen LogP contribution in [0.2, 0.25) is 30.1 Å². The van der Waals surface area contributed by atoms with Gasteiger partial charge in [0.15, 0.2) is 5.78 Å². The summed E-state index contributed by atoms with van der Waals surface area (Å²) in [5.74, 6) is -1.12. The fourth-order valence-electron chi connectivity index (χ4n) is 8.16. The van der Waals surface area contributed by atoms with Gasteiger partial charge in [-0.25, -0.2) is 4.68 Å². The summed E-state index contributed by atoms with van der Waals surface area (Å²) in [5.41, 5.74) is 15.2. The van der Waals surface area contributed by atoms with Crippen LogP contribution in [0.4, 0.5) is 11.4 Å². The van der Waals surface area contributed by atoms with E-state index in [1.807, 2.05) is 43.3 Å². The fourth-order valence-corrected chi connectivity index (χ4v) is 11.0. The number of aromatic nitrogens is 8. The molecule has 0 fully saturated rings. The van der Waals surface area contributed by atoms with Gasteiger partial charge in [0.25, 0.3) is 21.2 Å². The molecule has 0 radical (unpaired) electrons. The van der Waals surface area contributed by atoms with Crippen molar-refractivity contribution in [1.82, 2.24) is 39.1 Å². The van der Waals surface area contributed by atoms with Crippen molar-refractivity contribution in [2.45, 2.75) is 37.5 Å². The lowest BCUT2D eigenvalue weighted by atomic mass is 9.97. The summed E-state index contributed by atoms with van der Waals surface area (Å²) in [5, 5.41) is 17.3. The molecule has 0 amide bonds. The summed E-state index contributed by atoms with van der Waals surface area (Å²) < 4.78 is 69.2. The third-order valence-corrected chi connectivity index (χ3v) is 16.3. The number of benzene rings is 6. The molecule has 0 saturated heterocycles. The number of carbonyl (C=O) groups excluding carboxylic acids is 2. The summed E-state index contributed by atoms with van der Waals surface area (Å²) in [6.07, 6.45) is 2.72. The molecule has 5 N–H and O–H groups in total. The monoisotopic (exact) mass is 1320 g/mol. The first-order valence-electron chi connectivity index (χ1n) is 24.8. The molecule has 0 bridgehead atoms. The first-order chi connectivity index (χ1) is 40.5. The average molecular weight is 1320 g/mol. The van der Waals surface area contributed by atoms with Gasteiger partial charge in [-0.2, -0.15) is 46.6 Å². The Hall–Kier alpha value is -8.16. The van der Waals surface area contributed by atoms with Crippen molar-refractivity contribution in [2.24, 2.45) is 14.1 Å². The van der Waals surface area contributed by atoms with Crippen molar-refractivity contribution >= 4 is 113 Å². The second kappa shape index (κ2) is 27.5. The maximum atomic E-state index is 13.3. The molecule has 444 valence electrons. The first-order valence-corrected chi connectivity index (χ1v) is 30.0. The zero-order chi connectivity index (χ0) is 63.1. The Bertz CT molecular complexity index is 4480. The maximum absolute atomic E-state index is 13.3. The van der Waals surface area contributed by atoms with Crippen LogP contribution in [0.5, 0.6) is 5.88 Å². The third-order valence-electron chi connectivity index (χ3n) is 12.3. The lowest BCUT2D eigenvalue weighted by Crippen LogP contribution is -2.22. The number of rotatable bonds is 11. The number of halogens is 6. The quantitative estimate of drug-likeness (QED) is 0.0616. The van der Waals surface area contributed by atoms with E-state index in [0.717, 1.165) is 11.1 Å². The van der Waals surface area contributed by atoms with E-state index in [2.05, 4.69) is 20.4 Å². The number of para-hydroxylation sites is 2. The second-order valence-electron chi connectivity index (χ2n) is 18.5. The number of aryl methyl sites for hydroxylation is 6. The van der Waals surface area contributed by atoms with Crippen LogP contribution in [-0.4, -0.2) is 72.1 Å². The number of hydrogen-bond acceptors (Lipinski definition) is 15. The van der Waals surface area contributed by atoms with E-state index in [4.69, 9.17) is 85.3 Å². The van der Waals surface area contributed by atoms with E-state index in [0.29, 0.717) is 32.8 Å². The van der Waals surface area contributed by atoms with Gasteiger partial charge < -0.3 is 15.7 Å². The van der Waals surface area contributed by atoms with Crippen LogP contribution in [0.1, 0.15) is 54.4 Å². The van der Waals surface area contributed by atoms with Gasteiger partial charge in [-0.05, 0) is 113 Å². The molecule has 0 saturated carbocycles. The lowest BCUT2D eigenvalue weighted by molar-refractivity contribution is 0.102. The zero-order valence-corrected chi connectivity index (χ0v) is 52.0. The molecule has 6 aromatic carbocycles. The zero-order valence-electron chi connectivity index (χ0n) is 45.9. The molecule has 0 aliphatic heterocycles. The molecule has 0 spiro atoms. The minimum Gasteiger partial charge on any atom is -0.396 e. The van der Waals surface area contributed by atoms with Gasteiger partial charge in [0.2, 0.25) is 11.7 Å². The number of hydrogen-bond donors (Lipinski definition) is 3. The van der Waals surface area contributed by atoms with Crippen LogP contribution in [0.15, 0.2) is 171 Å². The van der Waals surface area contributed by atoms with Gasteiger partial charge in [0.05, 0.1) is 67.8 Å². The van der Waals surface area contributed by atoms with Gasteiger partial charge in [0, 0.05) is 40.8 Å². The number of nitrogens with zero attached hydrogens (tertiary/aromatic N) is 8. The predicted octanol–water partition coefficient (Wildman–Crippen LogP) is 11.8. The van der Waals surface area contributed by atoms with Crippen LogP contribution in [0.25, 0.3) is 22.6 Å². The van der Waals surface area contributed by atoms with Gasteiger partial charge in [0.1, 0.15) is 25.4 Å². The van der Waals surface area contributed by atoms with Gasteiger partial charge in [-0.15, -0.1) is 0 Å². The van der Waals surface area contributed by atoms with Crippen LogP contribution in [0.3, 0.4) is 0 Å². The highest BCUT2D eigenvalue weighted by Gasteiger charge is 2.31. The summed E-state index contributed by atoms with van der Waals surface area (Å²) in [4.78, 5) is 49.3. The molecule has 10 aromatic rings. The van der Waals surface area contributed by atoms with E-state index in [1.165, 1.54) is 86.7 Å². The Labute approximate surface area is 522 Å². The SMILES string of the molecule is Cc1ccc(S(=O)(=O)O)c(-c2c(C(=O)c3ccc(Cl)cc3Cl)c(C)nn2C)c1.Cc1ccc(S(=O)(=O)Oc2c(C(=O)c3ccc(Cl)cc3Cl)c(C)nn2C)cc1.Nc1cnn(-c2ccccc2)c(=O)c1Cl.Nc1cnn(-c2ccccc2)c(=O)c1Cl. The van der Waals surface area contributed by atoms with Gasteiger partial charge >= 0.3 is 10.1 Å². The van der Waals surface area contributed by atoms with Crippen LogP contribution >= 0.6 is 69.6 Å². The Morgan fingerprint density at radius 1 is 0.547 bits per heavy atom. The Kier molecular flexibility index (Phi) is 20.9. The summed E-state index contributed by atoms with van der Waals surface area (Å²) in [6.45, 7) is 6.85. The fraction of sp³-hybridized carbons (Fsp3) is 0.103. The molecule has 4 heterocycles. The molecule has 0 unspecified atom stereocenters. The van der Waals surface area contributed by atoms with Gasteiger partial charge in [-0.3, -0.25) is 28.4 Å². The number of carbonyl (C=O) groups is 2. The van der Waals surface area contributed by atoms with E-state index in [-0.39, 0.29) is 80.6 Å². The number of anilines is 2. The minimum atomic E-state index is -4.52. The van der Waals surface area contributed by atoms with Crippen molar-refractivity contribution in [1.29, 1.82) is 0 Å². The normalized spacial score (nSPS) is 11.1. The highest BCUT2D eigenvalue weighted by atomic mass is 35.5. The number of nitrogen functional groups attached to an aromatic ring is 2. The Balaban J connectivity index is 0.000000171. The first kappa shape index (κ1) is 65.4. The molecule has 0 aliphatic carbocycles. The van der Waals surface area contributed by atoms with E-state index in [9.17, 15) is 40.6 Å². The molecule has 0 aliphatic rings. The Morgan fingerprint density at radius 3 is 1.43 bits per heavy atom. The second-order valence-corrected chi connectivity index (χ2v) is 23.9. The topological polar surface area (TPSA) is 289 Å². The number of nitrogens with two attached hydrogens (primary N) is 2. The van der Waals surface area contributed by atoms with Crippen LogP contribution in [-0.2, 0) is 34.3 Å². The van der Waals surface area contributed by atoms with E-state index < -0.39 is 42.9 Å². The standard InChI is InChI=1S/2C19H16Cl2N2O4S.2C10H8ClN3O/c1-11-4-7-14(8-5-11)28(25,26)27-19-17(12(2)22-23(19)3)18(24)15-9-6-13(20)10-16(15)21;1-10-4-7-16(28(25,26)27)14(8-10)18-17(11(2)22-23(18)3)19(24)13-6-5-12(20)9-15(13)21;2*11-9-8(12)6-13-14(10(9)15)7-4-2-1-3-5-7/h4-10H,1-3H3;4-9H,1-3H3,(H,25,26,27);2*1-6H,12H2. The molecular formula is C58H48Cl6N10O10S2. The molecule has 0 atom stereocenters. The summed E-state index contributed by atoms with van der Waals surface area (Å²) in [6, 6.07) is 37.6. The molecular weight excluding hydrogens is 1270 g/mol. The lowest BCUT2D eigenvalue weighted by Gasteiger charge is -2.12. The van der Waals surface area contributed by atoms with Crippen molar-refractivity contribution in [3.05, 3.63) is 248 Å². The number of ketones is 2. The molecule has 20 nitrogen and oxygen atoms in total. The maximum Gasteiger partial charge on any atom is 0.340 e. The highest BCUT2D eigenvalue weighted by molar-refractivity contribution is 7.87. The smallest absolute Gasteiger partial charge is 0.340 e. The third kappa shape index (κ3) is 15.1. The van der Waals surface area contributed by atoms with Crippen LogP contribution < -0.4 is 26.8 Å². The predicted molar refractivity (Wildman–Crippen MR) is 333 cm³/mol. The molecule has 28 heteroatoms. The largest absolute Gasteiger partial charge is 0.396 e. The van der Waals surface area contributed by atoms with E-state index >= 15 is 0 Å². The van der Waals surface area contributed by atoms with Crippen molar-refractivity contribution in [2.75, 3.05) is 11.5 Å². The summed E-state index contributed by atoms with van der Waals surface area (Å²) in [7, 11) is -5.59. The molecule has 10 rings (SSSR count). The van der Waals surface area contributed by atoms with Crippen molar-refractivity contribution < 1.29 is 35.2 Å². The van der Waals surface area contributed by atoms with Crippen LogP contribution in [0, 0.1) is 27.7 Å². The summed E-state index contributed by atoms with van der Waals surface area (Å²) >= 11 is 35.6. The van der Waals surface area contributed by atoms with Crippen molar-refractivity contribution in [3.8, 4) is 28.5 Å². The molecule has 4 aromatic heterocycles. The van der Waals surface area contributed by atoms with Crippen molar-refractivity contribution in [3.63, 3.8) is 0 Å². The van der Waals surface area contributed by atoms with E-state index in [1.54, 1.807) is 82.4 Å². The minimum absolute atomic E-state index is 0.00569. The highest BCUT2D eigenvalue weighted by Crippen LogP contribution is 2.36. The molecule has 86 heavy (non-hydrogen) atoms.